The minimum atomic E-state index is -3.92. The van der Waals surface area contributed by atoms with Gasteiger partial charge < -0.3 is 9.88 Å². The molecule has 4 rings (SSSR count). The number of hydrogen-bond acceptors (Lipinski definition) is 4. The molecule has 0 radical (unpaired) electrons. The van der Waals surface area contributed by atoms with Crippen LogP contribution in [0.5, 0.6) is 0 Å². The summed E-state index contributed by atoms with van der Waals surface area (Å²) in [5, 5.41) is 2.71. The first-order valence-corrected chi connectivity index (χ1v) is 12.1. The summed E-state index contributed by atoms with van der Waals surface area (Å²) in [5.41, 5.74) is 1.71. The number of nitrogens with one attached hydrogen (secondary N) is 2. The number of nitrogens with zero attached hydrogens (tertiary/aromatic N) is 2. The number of rotatable bonds is 7. The number of sulfonamides is 1. The first-order chi connectivity index (χ1) is 16.6. The monoisotopic (exact) mass is 496 g/mol. The van der Waals surface area contributed by atoms with E-state index < -0.39 is 27.6 Å². The molecule has 1 aromatic heterocycles. The van der Waals surface area contributed by atoms with Crippen LogP contribution in [0.25, 0.3) is 5.69 Å². The van der Waals surface area contributed by atoms with Gasteiger partial charge >= 0.3 is 0 Å². The van der Waals surface area contributed by atoms with Crippen LogP contribution in [0.15, 0.2) is 78.0 Å². The van der Waals surface area contributed by atoms with Crippen molar-refractivity contribution in [2.75, 3.05) is 4.72 Å². The summed E-state index contributed by atoms with van der Waals surface area (Å²) in [4.78, 5) is 16.5. The molecule has 0 atom stereocenters. The Kier molecular flexibility index (Phi) is 6.65. The number of imidazole rings is 1. The number of amides is 1. The molecule has 0 bridgehead atoms. The van der Waals surface area contributed by atoms with Crippen molar-refractivity contribution in [2.45, 2.75) is 25.3 Å². The number of aromatic nitrogens is 2. The average Bonchev–Trinajstić information content (AvgIpc) is 3.25. The molecule has 4 aromatic rings. The molecular weight excluding hydrogens is 474 g/mol. The molecule has 0 spiro atoms. The quantitative estimate of drug-likeness (QED) is 0.394. The van der Waals surface area contributed by atoms with E-state index in [1.54, 1.807) is 36.0 Å². The van der Waals surface area contributed by atoms with E-state index in [9.17, 15) is 22.0 Å². The van der Waals surface area contributed by atoms with Crippen LogP contribution in [0.4, 0.5) is 14.5 Å². The number of carbonyl (C=O) groups excluding carboxylic acids is 1. The van der Waals surface area contributed by atoms with Gasteiger partial charge in [0.1, 0.15) is 17.5 Å². The second-order valence-electron chi connectivity index (χ2n) is 7.91. The van der Waals surface area contributed by atoms with Crippen molar-refractivity contribution in [2.24, 2.45) is 0 Å². The third-order valence-electron chi connectivity index (χ3n) is 5.39. The highest BCUT2D eigenvalue weighted by molar-refractivity contribution is 7.92. The Hall–Kier alpha value is -4.05. The minimum Gasteiger partial charge on any atom is -0.348 e. The summed E-state index contributed by atoms with van der Waals surface area (Å²) in [6.45, 7) is 3.36. The van der Waals surface area contributed by atoms with E-state index in [0.29, 0.717) is 22.6 Å². The maximum Gasteiger partial charge on any atom is 0.261 e. The molecule has 0 aliphatic rings. The normalized spacial score (nSPS) is 11.3. The number of hydrogen-bond donors (Lipinski definition) is 2. The highest BCUT2D eigenvalue weighted by atomic mass is 32.2. The molecule has 2 N–H and O–H groups in total. The molecule has 35 heavy (non-hydrogen) atoms. The standard InChI is InChI=1S/C25H22F2N4O3S/c1-16-13-21(8-9-22(16)26)35(33,34)30-20-6-4-19(5-7-20)25(32)29-15-18-3-10-24(23(27)14-18)31-12-11-28-17(31)2/h3-14,30H,15H2,1-2H3,(H,29,32). The lowest BCUT2D eigenvalue weighted by molar-refractivity contribution is 0.0951. The minimum absolute atomic E-state index is 0.0698. The zero-order valence-corrected chi connectivity index (χ0v) is 19.7. The highest BCUT2D eigenvalue weighted by Crippen LogP contribution is 2.20. The molecule has 0 aliphatic heterocycles. The second kappa shape index (κ2) is 9.67. The lowest BCUT2D eigenvalue weighted by atomic mass is 10.1. The van der Waals surface area contributed by atoms with Crippen LogP contribution in [0.1, 0.15) is 27.3 Å². The Morgan fingerprint density at radius 2 is 1.71 bits per heavy atom. The molecule has 7 nitrogen and oxygen atoms in total. The smallest absolute Gasteiger partial charge is 0.261 e. The molecule has 1 heterocycles. The molecular formula is C25H22F2N4O3S. The molecule has 0 aliphatic carbocycles. The van der Waals surface area contributed by atoms with Gasteiger partial charge in [0.2, 0.25) is 0 Å². The summed E-state index contributed by atoms with van der Waals surface area (Å²) in [6, 6.07) is 14.0. The molecule has 3 aromatic carbocycles. The fraction of sp³-hybridized carbons (Fsp3) is 0.120. The van der Waals surface area contributed by atoms with Crippen molar-refractivity contribution in [3.8, 4) is 5.69 Å². The zero-order chi connectivity index (χ0) is 25.2. The van der Waals surface area contributed by atoms with E-state index >= 15 is 0 Å². The van der Waals surface area contributed by atoms with E-state index in [-0.39, 0.29) is 22.7 Å². The first-order valence-electron chi connectivity index (χ1n) is 10.6. The Morgan fingerprint density at radius 3 is 2.34 bits per heavy atom. The third kappa shape index (κ3) is 5.38. The number of anilines is 1. The van der Waals surface area contributed by atoms with Crippen molar-refractivity contribution in [3.63, 3.8) is 0 Å². The molecule has 1 amide bonds. The van der Waals surface area contributed by atoms with E-state index in [1.807, 2.05) is 0 Å². The molecule has 0 fully saturated rings. The molecule has 0 saturated carbocycles. The van der Waals surface area contributed by atoms with Crippen LogP contribution < -0.4 is 10.0 Å². The first kappa shape index (κ1) is 24.1. The van der Waals surface area contributed by atoms with Gasteiger partial charge in [0.05, 0.1) is 10.6 Å². The summed E-state index contributed by atoms with van der Waals surface area (Å²) >= 11 is 0. The topological polar surface area (TPSA) is 93.1 Å². The Balaban J connectivity index is 1.39. The summed E-state index contributed by atoms with van der Waals surface area (Å²) in [5.74, 6) is -0.677. The SMILES string of the molecule is Cc1cc(S(=O)(=O)Nc2ccc(C(=O)NCc3ccc(-n4ccnc4C)c(F)c3)cc2)ccc1F. The van der Waals surface area contributed by atoms with Crippen molar-refractivity contribution in [1.29, 1.82) is 0 Å². The summed E-state index contributed by atoms with van der Waals surface area (Å²) in [7, 11) is -3.92. The van der Waals surface area contributed by atoms with Crippen LogP contribution in [0, 0.1) is 25.5 Å². The van der Waals surface area contributed by atoms with Gasteiger partial charge in [-0.3, -0.25) is 9.52 Å². The molecule has 180 valence electrons. The van der Waals surface area contributed by atoms with Gasteiger partial charge in [-0.1, -0.05) is 6.07 Å². The van der Waals surface area contributed by atoms with Gasteiger partial charge in [-0.05, 0) is 79.6 Å². The van der Waals surface area contributed by atoms with Crippen LogP contribution in [-0.4, -0.2) is 23.9 Å². The fourth-order valence-electron chi connectivity index (χ4n) is 3.46. The number of carbonyl (C=O) groups is 1. The van der Waals surface area contributed by atoms with Gasteiger partial charge in [-0.15, -0.1) is 0 Å². The third-order valence-corrected chi connectivity index (χ3v) is 6.77. The predicted octanol–water partition coefficient (Wildman–Crippen LogP) is 4.50. The highest BCUT2D eigenvalue weighted by Gasteiger charge is 2.16. The Morgan fingerprint density at radius 1 is 0.971 bits per heavy atom. The van der Waals surface area contributed by atoms with Gasteiger partial charge in [-0.25, -0.2) is 22.2 Å². The van der Waals surface area contributed by atoms with Crippen LogP contribution >= 0.6 is 0 Å². The van der Waals surface area contributed by atoms with Crippen molar-refractivity contribution < 1.29 is 22.0 Å². The maximum absolute atomic E-state index is 14.5. The number of benzene rings is 3. The Labute approximate surface area is 201 Å². The van der Waals surface area contributed by atoms with E-state index in [2.05, 4.69) is 15.0 Å². The largest absolute Gasteiger partial charge is 0.348 e. The summed E-state index contributed by atoms with van der Waals surface area (Å²) in [6.07, 6.45) is 3.25. The molecule has 0 unspecified atom stereocenters. The molecule has 10 heteroatoms. The lowest BCUT2D eigenvalue weighted by Crippen LogP contribution is -2.23. The summed E-state index contributed by atoms with van der Waals surface area (Å²) < 4.78 is 57.1. The van der Waals surface area contributed by atoms with Crippen molar-refractivity contribution in [3.05, 3.63) is 107 Å². The number of aryl methyl sites for hydroxylation is 2. The van der Waals surface area contributed by atoms with Crippen LogP contribution in [0.3, 0.4) is 0 Å². The second-order valence-corrected chi connectivity index (χ2v) is 9.59. The van der Waals surface area contributed by atoms with Crippen molar-refractivity contribution in [1.82, 2.24) is 14.9 Å². The Bertz CT molecular complexity index is 1500. The van der Waals surface area contributed by atoms with Gasteiger partial charge in [0.25, 0.3) is 15.9 Å². The average molecular weight is 497 g/mol. The van der Waals surface area contributed by atoms with Gasteiger partial charge in [0, 0.05) is 30.2 Å². The van der Waals surface area contributed by atoms with E-state index in [4.69, 9.17) is 0 Å². The van der Waals surface area contributed by atoms with Crippen LogP contribution in [-0.2, 0) is 16.6 Å². The van der Waals surface area contributed by atoms with Gasteiger partial charge in [-0.2, -0.15) is 0 Å². The maximum atomic E-state index is 14.5. The van der Waals surface area contributed by atoms with Gasteiger partial charge in [0.15, 0.2) is 0 Å². The van der Waals surface area contributed by atoms with Crippen LogP contribution in [0.2, 0.25) is 0 Å². The van der Waals surface area contributed by atoms with E-state index in [1.165, 1.54) is 49.4 Å². The predicted molar refractivity (Wildman–Crippen MR) is 128 cm³/mol. The van der Waals surface area contributed by atoms with E-state index in [0.717, 1.165) is 6.07 Å². The zero-order valence-electron chi connectivity index (χ0n) is 18.9. The number of halogens is 2. The molecule has 0 saturated heterocycles. The lowest BCUT2D eigenvalue weighted by Gasteiger charge is -2.11. The fourth-order valence-corrected chi connectivity index (χ4v) is 4.60. The van der Waals surface area contributed by atoms with Crippen molar-refractivity contribution >= 4 is 21.6 Å².